The first kappa shape index (κ1) is 23.6. The van der Waals surface area contributed by atoms with Gasteiger partial charge in [-0.1, -0.05) is 18.2 Å². The molecule has 0 saturated carbocycles. The highest BCUT2D eigenvalue weighted by atomic mass is 19.4. The molecule has 8 heteroatoms. The highest BCUT2D eigenvalue weighted by Gasteiger charge is 2.30. The van der Waals surface area contributed by atoms with Crippen LogP contribution in [0.5, 0.6) is 11.5 Å². The fraction of sp³-hybridized carbons (Fsp3) is 0.269. The zero-order valence-electron chi connectivity index (χ0n) is 18.7. The molecule has 0 radical (unpaired) electrons. The first-order chi connectivity index (χ1) is 16.4. The highest BCUT2D eigenvalue weighted by molar-refractivity contribution is 5.88. The van der Waals surface area contributed by atoms with E-state index < -0.39 is 11.7 Å². The average molecular weight is 470 g/mol. The van der Waals surface area contributed by atoms with E-state index in [1.54, 1.807) is 6.20 Å². The number of pyridine rings is 1. The Balaban J connectivity index is 1.34. The molecule has 2 heterocycles. The number of halogens is 3. The summed E-state index contributed by atoms with van der Waals surface area (Å²) in [6.45, 7) is 3.98. The molecule has 0 aliphatic carbocycles. The van der Waals surface area contributed by atoms with Gasteiger partial charge >= 0.3 is 6.18 Å². The first-order valence-electron chi connectivity index (χ1n) is 11.0. The third-order valence-corrected chi connectivity index (χ3v) is 5.35. The van der Waals surface area contributed by atoms with Gasteiger partial charge in [-0.15, -0.1) is 0 Å². The van der Waals surface area contributed by atoms with Crippen molar-refractivity contribution < 1.29 is 27.1 Å². The van der Waals surface area contributed by atoms with Crippen molar-refractivity contribution in [3.05, 3.63) is 89.4 Å². The van der Waals surface area contributed by atoms with Gasteiger partial charge in [0.05, 0.1) is 17.6 Å². The van der Waals surface area contributed by atoms with Crippen LogP contribution in [0.25, 0.3) is 11.0 Å². The summed E-state index contributed by atoms with van der Waals surface area (Å²) in [7, 11) is 0. The fourth-order valence-corrected chi connectivity index (χ4v) is 3.60. The lowest BCUT2D eigenvalue weighted by Crippen LogP contribution is -2.17. The van der Waals surface area contributed by atoms with E-state index >= 15 is 0 Å². The molecule has 1 N–H and O–H groups in total. The molecule has 2 aromatic carbocycles. The van der Waals surface area contributed by atoms with Gasteiger partial charge in [0.25, 0.3) is 0 Å². The summed E-state index contributed by atoms with van der Waals surface area (Å²) in [5, 5.41) is 4.20. The monoisotopic (exact) mass is 470 g/mol. The fourth-order valence-electron chi connectivity index (χ4n) is 3.60. The predicted octanol–water partition coefficient (Wildman–Crippen LogP) is 6.29. The summed E-state index contributed by atoms with van der Waals surface area (Å²) >= 11 is 0. The summed E-state index contributed by atoms with van der Waals surface area (Å²) in [6, 6.07) is 14.3. The SMILES string of the molecule is Cc1c(COc2cccc(C(F)(F)F)c2)oc2cccc(OCCCNCc3cccnc3)c12. The molecule has 34 heavy (non-hydrogen) atoms. The van der Waals surface area contributed by atoms with E-state index in [0.29, 0.717) is 23.7 Å². The summed E-state index contributed by atoms with van der Waals surface area (Å²) in [4.78, 5) is 4.09. The van der Waals surface area contributed by atoms with Crippen LogP contribution >= 0.6 is 0 Å². The zero-order chi connectivity index (χ0) is 24.0. The molecule has 4 rings (SSSR count). The van der Waals surface area contributed by atoms with E-state index in [9.17, 15) is 13.2 Å². The van der Waals surface area contributed by atoms with Crippen molar-refractivity contribution in [1.29, 1.82) is 0 Å². The van der Waals surface area contributed by atoms with Gasteiger partial charge in [0.15, 0.2) is 0 Å². The third-order valence-electron chi connectivity index (χ3n) is 5.35. The molecule has 0 aliphatic rings. The van der Waals surface area contributed by atoms with Gasteiger partial charge in [-0.25, -0.2) is 0 Å². The average Bonchev–Trinajstić information content (AvgIpc) is 3.16. The van der Waals surface area contributed by atoms with Gasteiger partial charge in [-0.05, 0) is 61.9 Å². The predicted molar refractivity (Wildman–Crippen MR) is 123 cm³/mol. The number of aryl methyl sites for hydroxylation is 1. The largest absolute Gasteiger partial charge is 0.493 e. The molecule has 0 bridgehead atoms. The lowest BCUT2D eigenvalue weighted by atomic mass is 10.1. The summed E-state index contributed by atoms with van der Waals surface area (Å²) in [5.74, 6) is 1.38. The number of hydrogen-bond acceptors (Lipinski definition) is 5. The number of hydrogen-bond donors (Lipinski definition) is 1. The Hall–Kier alpha value is -3.52. The Kier molecular flexibility index (Phi) is 7.37. The van der Waals surface area contributed by atoms with E-state index in [2.05, 4.69) is 10.3 Å². The molecule has 0 fully saturated rings. The number of benzene rings is 2. The van der Waals surface area contributed by atoms with E-state index in [0.717, 1.165) is 48.2 Å². The van der Waals surface area contributed by atoms with Gasteiger partial charge in [0, 0.05) is 24.5 Å². The number of nitrogens with zero attached hydrogens (tertiary/aromatic N) is 1. The number of aromatic nitrogens is 1. The molecular weight excluding hydrogens is 445 g/mol. The maximum Gasteiger partial charge on any atom is 0.416 e. The minimum atomic E-state index is -4.42. The molecule has 178 valence electrons. The van der Waals surface area contributed by atoms with Crippen molar-refractivity contribution in [3.8, 4) is 11.5 Å². The van der Waals surface area contributed by atoms with Crippen molar-refractivity contribution in [3.63, 3.8) is 0 Å². The molecule has 0 aliphatic heterocycles. The maximum absolute atomic E-state index is 12.9. The molecule has 0 atom stereocenters. The maximum atomic E-state index is 12.9. The second-order valence-corrected chi connectivity index (χ2v) is 7.83. The van der Waals surface area contributed by atoms with Gasteiger partial charge in [0.1, 0.15) is 29.4 Å². The smallest absolute Gasteiger partial charge is 0.416 e. The minimum Gasteiger partial charge on any atom is -0.493 e. The zero-order valence-corrected chi connectivity index (χ0v) is 18.7. The number of ether oxygens (including phenoxy) is 2. The van der Waals surface area contributed by atoms with Crippen molar-refractivity contribution in [2.75, 3.05) is 13.2 Å². The van der Waals surface area contributed by atoms with Crippen LogP contribution in [0, 0.1) is 6.92 Å². The lowest BCUT2D eigenvalue weighted by Gasteiger charge is -2.10. The second-order valence-electron chi connectivity index (χ2n) is 7.83. The number of nitrogens with one attached hydrogen (secondary N) is 1. The van der Waals surface area contributed by atoms with Crippen LogP contribution in [0.15, 0.2) is 71.4 Å². The first-order valence-corrected chi connectivity index (χ1v) is 11.0. The lowest BCUT2D eigenvalue weighted by molar-refractivity contribution is -0.137. The minimum absolute atomic E-state index is 0.0134. The third kappa shape index (κ3) is 5.88. The van der Waals surface area contributed by atoms with Gasteiger partial charge in [-0.3, -0.25) is 4.98 Å². The number of alkyl halides is 3. The quantitative estimate of drug-likeness (QED) is 0.276. The molecule has 4 aromatic rings. The number of furan rings is 1. The van der Waals surface area contributed by atoms with Crippen molar-refractivity contribution in [2.24, 2.45) is 0 Å². The highest BCUT2D eigenvalue weighted by Crippen LogP contribution is 2.35. The topological polar surface area (TPSA) is 56.5 Å². The standard InChI is InChI=1S/C26H25F3N2O3/c1-18-24(17-33-21-8-2-7-20(14-21)26(27,28)29)34-23-10-3-9-22(25(18)23)32-13-5-12-31-16-19-6-4-11-30-15-19/h2-4,6-11,14-15,31H,5,12-13,16-17H2,1H3. The summed E-state index contributed by atoms with van der Waals surface area (Å²) in [6.07, 6.45) is -0.0207. The van der Waals surface area contributed by atoms with Crippen LogP contribution in [0.4, 0.5) is 13.2 Å². The second kappa shape index (κ2) is 10.6. The number of rotatable bonds is 10. The van der Waals surface area contributed by atoms with Crippen LogP contribution in [-0.2, 0) is 19.3 Å². The Morgan fingerprint density at radius 3 is 2.68 bits per heavy atom. The van der Waals surface area contributed by atoms with Crippen LogP contribution in [0.3, 0.4) is 0 Å². The summed E-state index contributed by atoms with van der Waals surface area (Å²) < 4.78 is 56.3. The van der Waals surface area contributed by atoms with Crippen LogP contribution in [0.2, 0.25) is 0 Å². The summed E-state index contributed by atoms with van der Waals surface area (Å²) in [5.41, 5.74) is 1.86. The van der Waals surface area contributed by atoms with Crippen molar-refractivity contribution in [1.82, 2.24) is 10.3 Å². The number of fused-ring (bicyclic) bond motifs is 1. The van der Waals surface area contributed by atoms with Gasteiger partial charge in [0.2, 0.25) is 0 Å². The van der Waals surface area contributed by atoms with Gasteiger partial charge in [-0.2, -0.15) is 13.2 Å². The molecule has 0 unspecified atom stereocenters. The van der Waals surface area contributed by atoms with Gasteiger partial charge < -0.3 is 19.2 Å². The Morgan fingerprint density at radius 2 is 1.88 bits per heavy atom. The molecule has 0 saturated heterocycles. The van der Waals surface area contributed by atoms with Crippen molar-refractivity contribution >= 4 is 11.0 Å². The van der Waals surface area contributed by atoms with Crippen LogP contribution in [0.1, 0.15) is 28.9 Å². The van der Waals surface area contributed by atoms with Crippen molar-refractivity contribution in [2.45, 2.75) is 32.7 Å². The van der Waals surface area contributed by atoms with E-state index in [-0.39, 0.29) is 12.4 Å². The van der Waals surface area contributed by atoms with Crippen LogP contribution < -0.4 is 14.8 Å². The van der Waals surface area contributed by atoms with E-state index in [1.165, 1.54) is 12.1 Å². The molecule has 2 aromatic heterocycles. The molecule has 0 amide bonds. The Morgan fingerprint density at radius 1 is 1.03 bits per heavy atom. The Bertz CT molecular complexity index is 1220. The molecular formula is C26H25F3N2O3. The van der Waals surface area contributed by atoms with E-state index in [4.69, 9.17) is 13.9 Å². The van der Waals surface area contributed by atoms with Crippen LogP contribution in [-0.4, -0.2) is 18.1 Å². The molecule has 5 nitrogen and oxygen atoms in total. The Labute approximate surface area is 195 Å². The molecule has 0 spiro atoms. The van der Waals surface area contributed by atoms with E-state index in [1.807, 2.05) is 43.5 Å². The normalized spacial score (nSPS) is 11.6.